The van der Waals surface area contributed by atoms with Crippen LogP contribution in [-0.2, 0) is 4.79 Å². The maximum atomic E-state index is 12.7. The molecule has 0 aliphatic heterocycles. The summed E-state index contributed by atoms with van der Waals surface area (Å²) in [6.45, 7) is 2.68. The molecule has 1 rings (SSSR count). The van der Waals surface area contributed by atoms with Gasteiger partial charge in [-0.25, -0.2) is 4.39 Å². The van der Waals surface area contributed by atoms with Crippen LogP contribution in [-0.4, -0.2) is 30.3 Å². The highest BCUT2D eigenvalue weighted by atomic mass is 19.1. The number of rotatable bonds is 9. The molecule has 0 aliphatic carbocycles. The normalized spacial score (nSPS) is 11.9. The Labute approximate surface area is 119 Å². The first-order valence-corrected chi connectivity index (χ1v) is 6.95. The Balaban J connectivity index is 2.08. The maximum Gasteiger partial charge on any atom is 0.220 e. The van der Waals surface area contributed by atoms with Crippen LogP contribution in [0.3, 0.4) is 0 Å². The fraction of sp³-hybridized carbons (Fsp3) is 0.533. The van der Waals surface area contributed by atoms with Gasteiger partial charge in [-0.3, -0.25) is 4.79 Å². The first kappa shape index (κ1) is 16.4. The Morgan fingerprint density at radius 1 is 1.40 bits per heavy atom. The van der Waals surface area contributed by atoms with Crippen molar-refractivity contribution in [2.75, 3.05) is 13.2 Å². The van der Waals surface area contributed by atoms with E-state index in [9.17, 15) is 14.3 Å². The zero-order valence-corrected chi connectivity index (χ0v) is 11.8. The number of hydrogen-bond acceptors (Lipinski definition) is 3. The highest BCUT2D eigenvalue weighted by Gasteiger charge is 2.06. The number of amides is 1. The molecule has 0 spiro atoms. The number of carbonyl (C=O) groups excluding carboxylic acids is 1. The third-order valence-corrected chi connectivity index (χ3v) is 2.79. The topological polar surface area (TPSA) is 58.6 Å². The molecule has 0 radical (unpaired) electrons. The molecular formula is C15H22FNO3. The van der Waals surface area contributed by atoms with Crippen LogP contribution in [0.4, 0.5) is 4.39 Å². The first-order chi connectivity index (χ1) is 9.61. The van der Waals surface area contributed by atoms with Gasteiger partial charge in [-0.1, -0.05) is 13.3 Å². The van der Waals surface area contributed by atoms with Gasteiger partial charge in [0.15, 0.2) is 0 Å². The molecule has 1 aromatic carbocycles. The summed E-state index contributed by atoms with van der Waals surface area (Å²) in [5.41, 5.74) is 0. The van der Waals surface area contributed by atoms with E-state index in [1.165, 1.54) is 12.1 Å². The lowest BCUT2D eigenvalue weighted by Gasteiger charge is -2.10. The molecule has 5 heteroatoms. The average Bonchev–Trinajstić information content (AvgIpc) is 2.43. The van der Waals surface area contributed by atoms with Crippen molar-refractivity contribution in [3.8, 4) is 5.75 Å². The monoisotopic (exact) mass is 283 g/mol. The minimum absolute atomic E-state index is 0.0946. The van der Waals surface area contributed by atoms with Crippen molar-refractivity contribution in [1.82, 2.24) is 5.32 Å². The van der Waals surface area contributed by atoms with Gasteiger partial charge in [-0.05, 0) is 37.1 Å². The van der Waals surface area contributed by atoms with Crippen molar-refractivity contribution in [2.45, 2.75) is 38.7 Å². The van der Waals surface area contributed by atoms with Crippen LogP contribution >= 0.6 is 0 Å². The van der Waals surface area contributed by atoms with E-state index in [1.54, 1.807) is 12.1 Å². The number of ether oxygens (including phenoxy) is 1. The summed E-state index contributed by atoms with van der Waals surface area (Å²) in [5, 5.41) is 12.1. The van der Waals surface area contributed by atoms with E-state index in [4.69, 9.17) is 4.74 Å². The fourth-order valence-corrected chi connectivity index (χ4v) is 1.71. The zero-order chi connectivity index (χ0) is 14.8. The van der Waals surface area contributed by atoms with Crippen LogP contribution in [0.25, 0.3) is 0 Å². The summed E-state index contributed by atoms with van der Waals surface area (Å²) in [5.74, 6) is 0.190. The second kappa shape index (κ2) is 9.31. The summed E-state index contributed by atoms with van der Waals surface area (Å²) in [6.07, 6.45) is 2.03. The van der Waals surface area contributed by atoms with E-state index in [1.807, 2.05) is 6.92 Å². The van der Waals surface area contributed by atoms with Crippen molar-refractivity contribution in [3.63, 3.8) is 0 Å². The van der Waals surface area contributed by atoms with Gasteiger partial charge < -0.3 is 15.2 Å². The highest BCUT2D eigenvalue weighted by Crippen LogP contribution is 2.11. The molecule has 0 bridgehead atoms. The summed E-state index contributed by atoms with van der Waals surface area (Å²) >= 11 is 0. The predicted molar refractivity (Wildman–Crippen MR) is 75.1 cm³/mol. The molecule has 0 aliphatic rings. The molecule has 1 aromatic rings. The lowest BCUT2D eigenvalue weighted by atomic mass is 10.2. The number of benzene rings is 1. The van der Waals surface area contributed by atoms with Crippen LogP contribution < -0.4 is 10.1 Å². The van der Waals surface area contributed by atoms with E-state index in [0.29, 0.717) is 38.2 Å². The Kier molecular flexibility index (Phi) is 7.65. The third kappa shape index (κ3) is 7.09. The molecule has 20 heavy (non-hydrogen) atoms. The smallest absolute Gasteiger partial charge is 0.220 e. The van der Waals surface area contributed by atoms with E-state index >= 15 is 0 Å². The molecule has 0 saturated carbocycles. The van der Waals surface area contributed by atoms with Gasteiger partial charge in [-0.2, -0.15) is 0 Å². The van der Waals surface area contributed by atoms with Crippen LogP contribution in [0.15, 0.2) is 24.3 Å². The zero-order valence-electron chi connectivity index (χ0n) is 11.8. The minimum Gasteiger partial charge on any atom is -0.494 e. The fourth-order valence-electron chi connectivity index (χ4n) is 1.71. The number of nitrogens with one attached hydrogen (secondary N) is 1. The van der Waals surface area contributed by atoms with Crippen LogP contribution in [0.1, 0.15) is 32.6 Å². The number of aliphatic hydroxyl groups is 1. The van der Waals surface area contributed by atoms with E-state index < -0.39 is 6.10 Å². The first-order valence-electron chi connectivity index (χ1n) is 6.95. The van der Waals surface area contributed by atoms with Crippen LogP contribution in [0.2, 0.25) is 0 Å². The largest absolute Gasteiger partial charge is 0.494 e. The highest BCUT2D eigenvalue weighted by molar-refractivity contribution is 5.75. The summed E-state index contributed by atoms with van der Waals surface area (Å²) in [6, 6.07) is 5.77. The van der Waals surface area contributed by atoms with Gasteiger partial charge in [0.25, 0.3) is 0 Å². The van der Waals surface area contributed by atoms with Crippen molar-refractivity contribution in [2.24, 2.45) is 0 Å². The average molecular weight is 283 g/mol. The molecule has 0 heterocycles. The quantitative estimate of drug-likeness (QED) is 0.683. The molecule has 1 unspecified atom stereocenters. The van der Waals surface area contributed by atoms with Gasteiger partial charge >= 0.3 is 0 Å². The standard InChI is InChI=1S/C15H22FNO3/c1-2-4-13(18)11-17-15(19)5-3-10-20-14-8-6-12(16)7-9-14/h6-9,13,18H,2-5,10-11H2,1H3,(H,17,19). The molecule has 112 valence electrons. The van der Waals surface area contributed by atoms with E-state index in [2.05, 4.69) is 5.32 Å². The Hall–Kier alpha value is -1.62. The number of halogens is 1. The lowest BCUT2D eigenvalue weighted by Crippen LogP contribution is -2.32. The van der Waals surface area contributed by atoms with Gasteiger partial charge in [0.05, 0.1) is 12.7 Å². The SMILES string of the molecule is CCCC(O)CNC(=O)CCCOc1ccc(F)cc1. The second-order valence-electron chi connectivity index (χ2n) is 4.65. The Bertz CT molecular complexity index is 395. The molecule has 4 nitrogen and oxygen atoms in total. The lowest BCUT2D eigenvalue weighted by molar-refractivity contribution is -0.121. The molecular weight excluding hydrogens is 261 g/mol. The molecule has 1 amide bonds. The van der Waals surface area contributed by atoms with Crippen molar-refractivity contribution < 1.29 is 19.0 Å². The molecule has 1 atom stereocenters. The van der Waals surface area contributed by atoms with Gasteiger partial charge in [0.1, 0.15) is 11.6 Å². The second-order valence-corrected chi connectivity index (χ2v) is 4.65. The Morgan fingerprint density at radius 2 is 2.10 bits per heavy atom. The number of hydrogen-bond donors (Lipinski definition) is 2. The van der Waals surface area contributed by atoms with Crippen LogP contribution in [0.5, 0.6) is 5.75 Å². The number of carbonyl (C=O) groups is 1. The minimum atomic E-state index is -0.473. The molecule has 2 N–H and O–H groups in total. The van der Waals surface area contributed by atoms with Crippen molar-refractivity contribution in [1.29, 1.82) is 0 Å². The Morgan fingerprint density at radius 3 is 2.75 bits per heavy atom. The van der Waals surface area contributed by atoms with Gasteiger partial charge in [0, 0.05) is 13.0 Å². The summed E-state index contributed by atoms with van der Waals surface area (Å²) in [4.78, 5) is 11.5. The van der Waals surface area contributed by atoms with Crippen LogP contribution in [0, 0.1) is 5.82 Å². The van der Waals surface area contributed by atoms with Crippen molar-refractivity contribution in [3.05, 3.63) is 30.1 Å². The molecule has 0 fully saturated rings. The maximum absolute atomic E-state index is 12.7. The summed E-state index contributed by atoms with van der Waals surface area (Å²) < 4.78 is 18.0. The predicted octanol–water partition coefficient (Wildman–Crippen LogP) is 2.26. The third-order valence-electron chi connectivity index (χ3n) is 2.79. The summed E-state index contributed by atoms with van der Waals surface area (Å²) in [7, 11) is 0. The van der Waals surface area contributed by atoms with Crippen molar-refractivity contribution >= 4 is 5.91 Å². The molecule has 0 saturated heterocycles. The number of aliphatic hydroxyl groups excluding tert-OH is 1. The van der Waals surface area contributed by atoms with E-state index in [-0.39, 0.29) is 11.7 Å². The molecule has 0 aromatic heterocycles. The van der Waals surface area contributed by atoms with E-state index in [0.717, 1.165) is 6.42 Å². The van der Waals surface area contributed by atoms with Gasteiger partial charge in [0.2, 0.25) is 5.91 Å². The van der Waals surface area contributed by atoms with Gasteiger partial charge in [-0.15, -0.1) is 0 Å².